The molecular weight excluding hydrogens is 196 g/mol. The SMILES string of the molecule is CC1(CN2CCNC(C)(C3CC3)C2)CCC1. The quantitative estimate of drug-likeness (QED) is 0.788. The molecule has 1 heterocycles. The molecule has 0 aromatic rings. The van der Waals surface area contributed by atoms with E-state index in [1.807, 2.05) is 0 Å². The lowest BCUT2D eigenvalue weighted by atomic mass is 9.70. The molecule has 0 aromatic carbocycles. The first-order valence-corrected chi connectivity index (χ1v) is 7.07. The maximum Gasteiger partial charge on any atom is 0.0309 e. The summed E-state index contributed by atoms with van der Waals surface area (Å²) >= 11 is 0. The van der Waals surface area contributed by atoms with Crippen molar-refractivity contribution < 1.29 is 0 Å². The van der Waals surface area contributed by atoms with E-state index in [2.05, 4.69) is 24.1 Å². The summed E-state index contributed by atoms with van der Waals surface area (Å²) in [6, 6.07) is 0. The average Bonchev–Trinajstić information content (AvgIpc) is 2.98. The zero-order valence-corrected chi connectivity index (χ0v) is 10.9. The van der Waals surface area contributed by atoms with E-state index in [1.54, 1.807) is 0 Å². The lowest BCUT2D eigenvalue weighted by Gasteiger charge is -2.48. The smallest absolute Gasteiger partial charge is 0.0309 e. The summed E-state index contributed by atoms with van der Waals surface area (Å²) in [7, 11) is 0. The summed E-state index contributed by atoms with van der Waals surface area (Å²) in [6.07, 6.45) is 7.28. The van der Waals surface area contributed by atoms with Crippen LogP contribution in [-0.2, 0) is 0 Å². The van der Waals surface area contributed by atoms with E-state index in [0.717, 1.165) is 5.92 Å². The van der Waals surface area contributed by atoms with Crippen molar-refractivity contribution in [2.75, 3.05) is 26.2 Å². The van der Waals surface area contributed by atoms with Gasteiger partial charge in [-0.15, -0.1) is 0 Å². The molecule has 1 atom stereocenters. The maximum absolute atomic E-state index is 3.77. The van der Waals surface area contributed by atoms with Crippen LogP contribution in [0.3, 0.4) is 0 Å². The highest BCUT2D eigenvalue weighted by molar-refractivity contribution is 5.03. The van der Waals surface area contributed by atoms with Crippen molar-refractivity contribution in [1.82, 2.24) is 10.2 Å². The van der Waals surface area contributed by atoms with Crippen LogP contribution in [0.1, 0.15) is 46.0 Å². The fraction of sp³-hybridized carbons (Fsp3) is 1.00. The molecule has 0 spiro atoms. The highest BCUT2D eigenvalue weighted by Gasteiger charge is 2.45. The van der Waals surface area contributed by atoms with Crippen molar-refractivity contribution in [1.29, 1.82) is 0 Å². The van der Waals surface area contributed by atoms with Gasteiger partial charge in [0.05, 0.1) is 0 Å². The molecule has 16 heavy (non-hydrogen) atoms. The van der Waals surface area contributed by atoms with Gasteiger partial charge < -0.3 is 5.32 Å². The molecule has 0 amide bonds. The maximum atomic E-state index is 3.77. The lowest BCUT2D eigenvalue weighted by Crippen LogP contribution is -2.61. The first-order valence-electron chi connectivity index (χ1n) is 7.07. The van der Waals surface area contributed by atoms with Gasteiger partial charge in [0.1, 0.15) is 0 Å². The number of rotatable bonds is 3. The second kappa shape index (κ2) is 3.71. The Balaban J connectivity index is 1.59. The fourth-order valence-electron chi connectivity index (χ4n) is 3.71. The topological polar surface area (TPSA) is 15.3 Å². The first kappa shape index (κ1) is 11.0. The van der Waals surface area contributed by atoms with Crippen LogP contribution in [0.15, 0.2) is 0 Å². The van der Waals surface area contributed by atoms with Gasteiger partial charge in [-0.05, 0) is 43.9 Å². The standard InChI is InChI=1S/C14H26N2/c1-13(6-3-7-13)10-16-9-8-15-14(2,11-16)12-4-5-12/h12,15H,3-11H2,1-2H3. The second-order valence-corrected chi connectivity index (χ2v) is 6.99. The van der Waals surface area contributed by atoms with Crippen molar-refractivity contribution in [2.45, 2.75) is 51.5 Å². The molecular formula is C14H26N2. The van der Waals surface area contributed by atoms with Gasteiger partial charge in [-0.25, -0.2) is 0 Å². The summed E-state index contributed by atoms with van der Waals surface area (Å²) < 4.78 is 0. The Morgan fingerprint density at radius 2 is 2.00 bits per heavy atom. The van der Waals surface area contributed by atoms with E-state index in [-0.39, 0.29) is 0 Å². The third kappa shape index (κ3) is 2.02. The molecule has 1 unspecified atom stereocenters. The normalized spacial score (nSPS) is 39.4. The molecule has 1 N–H and O–H groups in total. The van der Waals surface area contributed by atoms with E-state index in [4.69, 9.17) is 0 Å². The zero-order valence-electron chi connectivity index (χ0n) is 10.9. The monoisotopic (exact) mass is 222 g/mol. The van der Waals surface area contributed by atoms with Gasteiger partial charge in [0.25, 0.3) is 0 Å². The van der Waals surface area contributed by atoms with E-state index in [9.17, 15) is 0 Å². The van der Waals surface area contributed by atoms with E-state index in [0.29, 0.717) is 11.0 Å². The zero-order chi connectivity index (χ0) is 11.2. The van der Waals surface area contributed by atoms with Crippen LogP contribution in [0.25, 0.3) is 0 Å². The summed E-state index contributed by atoms with van der Waals surface area (Å²) in [5.41, 5.74) is 1.08. The highest BCUT2D eigenvalue weighted by Crippen LogP contribution is 2.43. The fourth-order valence-corrected chi connectivity index (χ4v) is 3.71. The third-order valence-corrected chi connectivity index (χ3v) is 5.15. The van der Waals surface area contributed by atoms with E-state index < -0.39 is 0 Å². The van der Waals surface area contributed by atoms with Gasteiger partial charge in [0, 0.05) is 31.7 Å². The second-order valence-electron chi connectivity index (χ2n) is 6.99. The Bertz CT molecular complexity index is 268. The summed E-state index contributed by atoms with van der Waals surface area (Å²) in [6.45, 7) is 10.0. The number of piperazine rings is 1. The Kier molecular flexibility index (Phi) is 2.56. The summed E-state index contributed by atoms with van der Waals surface area (Å²) in [4.78, 5) is 2.73. The number of hydrogen-bond donors (Lipinski definition) is 1. The van der Waals surface area contributed by atoms with Crippen LogP contribution in [0.5, 0.6) is 0 Å². The van der Waals surface area contributed by atoms with Crippen molar-refractivity contribution >= 4 is 0 Å². The minimum absolute atomic E-state index is 0.429. The third-order valence-electron chi connectivity index (χ3n) is 5.15. The van der Waals surface area contributed by atoms with Crippen molar-refractivity contribution in [3.05, 3.63) is 0 Å². The van der Waals surface area contributed by atoms with Crippen LogP contribution in [0.4, 0.5) is 0 Å². The van der Waals surface area contributed by atoms with Gasteiger partial charge in [-0.1, -0.05) is 13.3 Å². The minimum Gasteiger partial charge on any atom is -0.309 e. The number of nitrogens with one attached hydrogen (secondary N) is 1. The van der Waals surface area contributed by atoms with Gasteiger partial charge in [-0.3, -0.25) is 4.90 Å². The highest BCUT2D eigenvalue weighted by atomic mass is 15.2. The molecule has 92 valence electrons. The molecule has 1 saturated heterocycles. The van der Waals surface area contributed by atoms with Crippen molar-refractivity contribution in [3.63, 3.8) is 0 Å². The number of nitrogens with zero attached hydrogens (tertiary/aromatic N) is 1. The molecule has 0 bridgehead atoms. The molecule has 0 aromatic heterocycles. The van der Waals surface area contributed by atoms with Crippen LogP contribution >= 0.6 is 0 Å². The van der Waals surface area contributed by atoms with Gasteiger partial charge in [0.15, 0.2) is 0 Å². The molecule has 1 aliphatic heterocycles. The molecule has 3 aliphatic rings. The molecule has 2 heteroatoms. The molecule has 0 radical (unpaired) electrons. The molecule has 3 rings (SSSR count). The van der Waals surface area contributed by atoms with Gasteiger partial charge in [-0.2, -0.15) is 0 Å². The summed E-state index contributed by atoms with van der Waals surface area (Å²) in [5.74, 6) is 0.962. The minimum atomic E-state index is 0.429. The largest absolute Gasteiger partial charge is 0.309 e. The first-order chi connectivity index (χ1) is 7.60. The van der Waals surface area contributed by atoms with Gasteiger partial charge >= 0.3 is 0 Å². The molecule has 3 fully saturated rings. The van der Waals surface area contributed by atoms with E-state index in [1.165, 1.54) is 58.3 Å². The van der Waals surface area contributed by atoms with E-state index >= 15 is 0 Å². The van der Waals surface area contributed by atoms with Crippen molar-refractivity contribution in [3.8, 4) is 0 Å². The molecule has 2 nitrogen and oxygen atoms in total. The van der Waals surface area contributed by atoms with Crippen LogP contribution < -0.4 is 5.32 Å². The van der Waals surface area contributed by atoms with Crippen LogP contribution in [-0.4, -0.2) is 36.6 Å². The van der Waals surface area contributed by atoms with Crippen LogP contribution in [0, 0.1) is 11.3 Å². The Hall–Kier alpha value is -0.0800. The Morgan fingerprint density at radius 1 is 1.25 bits per heavy atom. The number of hydrogen-bond acceptors (Lipinski definition) is 2. The lowest BCUT2D eigenvalue weighted by molar-refractivity contribution is 0.0446. The Labute approximate surface area is 99.8 Å². The molecule has 2 aliphatic carbocycles. The predicted octanol–water partition coefficient (Wildman–Crippen LogP) is 2.25. The predicted molar refractivity (Wildman–Crippen MR) is 67.5 cm³/mol. The Morgan fingerprint density at radius 3 is 2.56 bits per heavy atom. The summed E-state index contributed by atoms with van der Waals surface area (Å²) in [5, 5.41) is 3.77. The molecule has 2 saturated carbocycles. The average molecular weight is 222 g/mol. The van der Waals surface area contributed by atoms with Crippen LogP contribution in [0.2, 0.25) is 0 Å². The van der Waals surface area contributed by atoms with Gasteiger partial charge in [0.2, 0.25) is 0 Å². The van der Waals surface area contributed by atoms with Crippen molar-refractivity contribution in [2.24, 2.45) is 11.3 Å².